The van der Waals surface area contributed by atoms with Crippen LogP contribution in [0.4, 0.5) is 0 Å². The molecule has 1 saturated carbocycles. The molecule has 1 aromatic rings. The third kappa shape index (κ3) is 5.06. The van der Waals surface area contributed by atoms with Gasteiger partial charge in [-0.25, -0.2) is 5.48 Å². The second kappa shape index (κ2) is 8.67. The number of hydroxylamine groups is 1. The van der Waals surface area contributed by atoms with Gasteiger partial charge in [-0.1, -0.05) is 37.3 Å². The molecule has 1 atom stereocenters. The maximum absolute atomic E-state index is 12.3. The Hall–Kier alpha value is -1.88. The van der Waals surface area contributed by atoms with Gasteiger partial charge in [0.25, 0.3) is 0 Å². The van der Waals surface area contributed by atoms with E-state index >= 15 is 0 Å². The van der Waals surface area contributed by atoms with Crippen molar-refractivity contribution >= 4 is 11.9 Å². The molecule has 2 rings (SSSR count). The van der Waals surface area contributed by atoms with Gasteiger partial charge in [0, 0.05) is 5.92 Å². The van der Waals surface area contributed by atoms with Crippen LogP contribution >= 0.6 is 0 Å². The Morgan fingerprint density at radius 3 is 2.43 bits per heavy atom. The van der Waals surface area contributed by atoms with Gasteiger partial charge < -0.3 is 5.11 Å². The molecular formula is C18H25NO4. The number of carboxylic acid groups (broad SMARTS) is 1. The highest BCUT2D eigenvalue weighted by Crippen LogP contribution is 2.35. The Morgan fingerprint density at radius 2 is 1.87 bits per heavy atom. The normalized spacial score (nSPS) is 22.3. The van der Waals surface area contributed by atoms with Gasteiger partial charge in [0.2, 0.25) is 5.91 Å². The largest absolute Gasteiger partial charge is 0.481 e. The number of hydrogen-bond donors (Lipinski definition) is 2. The van der Waals surface area contributed by atoms with E-state index in [0.29, 0.717) is 19.4 Å². The van der Waals surface area contributed by atoms with Crippen molar-refractivity contribution in [3.63, 3.8) is 0 Å². The summed E-state index contributed by atoms with van der Waals surface area (Å²) in [6.07, 6.45) is 3.65. The summed E-state index contributed by atoms with van der Waals surface area (Å²) in [4.78, 5) is 28.7. The Morgan fingerprint density at radius 1 is 1.22 bits per heavy atom. The first kappa shape index (κ1) is 17.5. The van der Waals surface area contributed by atoms with E-state index in [1.807, 2.05) is 37.3 Å². The third-order valence-corrected chi connectivity index (χ3v) is 4.72. The first-order chi connectivity index (χ1) is 11.1. The van der Waals surface area contributed by atoms with Crippen molar-refractivity contribution in [1.82, 2.24) is 5.48 Å². The van der Waals surface area contributed by atoms with Gasteiger partial charge in [-0.15, -0.1) is 0 Å². The number of benzene rings is 1. The molecule has 0 aromatic heterocycles. The minimum atomic E-state index is -0.716. The predicted molar refractivity (Wildman–Crippen MR) is 86.2 cm³/mol. The highest BCUT2D eigenvalue weighted by Gasteiger charge is 2.33. The van der Waals surface area contributed by atoms with Crippen molar-refractivity contribution in [2.24, 2.45) is 17.8 Å². The van der Waals surface area contributed by atoms with Crippen LogP contribution in [0.2, 0.25) is 0 Å². The van der Waals surface area contributed by atoms with Crippen molar-refractivity contribution in [3.8, 4) is 0 Å². The van der Waals surface area contributed by atoms with E-state index in [4.69, 9.17) is 9.94 Å². The molecule has 23 heavy (non-hydrogen) atoms. The number of rotatable bonds is 7. The molecule has 1 aromatic carbocycles. The van der Waals surface area contributed by atoms with E-state index in [1.54, 1.807) is 0 Å². The zero-order valence-electron chi connectivity index (χ0n) is 13.5. The van der Waals surface area contributed by atoms with Gasteiger partial charge in [0.15, 0.2) is 0 Å². The summed E-state index contributed by atoms with van der Waals surface area (Å²) in [7, 11) is 0. The molecule has 0 bridgehead atoms. The maximum atomic E-state index is 12.3. The molecule has 126 valence electrons. The number of hydrogen-bond acceptors (Lipinski definition) is 3. The molecule has 0 aliphatic heterocycles. The molecule has 1 aliphatic carbocycles. The monoisotopic (exact) mass is 319 g/mol. The van der Waals surface area contributed by atoms with Gasteiger partial charge in [-0.2, -0.15) is 0 Å². The van der Waals surface area contributed by atoms with E-state index in [-0.39, 0.29) is 23.7 Å². The molecule has 0 spiro atoms. The summed E-state index contributed by atoms with van der Waals surface area (Å²) >= 11 is 0. The van der Waals surface area contributed by atoms with Crippen LogP contribution in [0.25, 0.3) is 0 Å². The van der Waals surface area contributed by atoms with Crippen LogP contribution in [0, 0.1) is 17.8 Å². The summed E-state index contributed by atoms with van der Waals surface area (Å²) < 4.78 is 0. The second-order valence-corrected chi connectivity index (χ2v) is 6.21. The third-order valence-electron chi connectivity index (χ3n) is 4.72. The van der Waals surface area contributed by atoms with Crippen molar-refractivity contribution in [2.75, 3.05) is 0 Å². The van der Waals surface area contributed by atoms with Crippen LogP contribution in [0.3, 0.4) is 0 Å². The fourth-order valence-electron chi connectivity index (χ4n) is 3.34. The lowest BCUT2D eigenvalue weighted by Gasteiger charge is -2.31. The molecule has 1 amide bonds. The van der Waals surface area contributed by atoms with Crippen molar-refractivity contribution in [3.05, 3.63) is 35.9 Å². The topological polar surface area (TPSA) is 75.6 Å². The molecular weight excluding hydrogens is 294 g/mol. The number of amides is 1. The van der Waals surface area contributed by atoms with E-state index in [0.717, 1.165) is 24.8 Å². The zero-order chi connectivity index (χ0) is 16.7. The smallest absolute Gasteiger partial charge is 0.306 e. The van der Waals surface area contributed by atoms with Gasteiger partial charge in [-0.05, 0) is 43.6 Å². The molecule has 2 N–H and O–H groups in total. The number of nitrogens with one attached hydrogen (secondary N) is 1. The van der Waals surface area contributed by atoms with E-state index < -0.39 is 5.97 Å². The SMILES string of the molecule is CCC(C(=O)NOCc1ccccc1)C1CCC(C(=O)O)CC1. The van der Waals surface area contributed by atoms with Crippen molar-refractivity contribution in [1.29, 1.82) is 0 Å². The lowest BCUT2D eigenvalue weighted by atomic mass is 9.74. The zero-order valence-corrected chi connectivity index (χ0v) is 13.5. The fraction of sp³-hybridized carbons (Fsp3) is 0.556. The quantitative estimate of drug-likeness (QED) is 0.757. The van der Waals surface area contributed by atoms with Crippen LogP contribution in [0.1, 0.15) is 44.6 Å². The molecule has 1 unspecified atom stereocenters. The van der Waals surface area contributed by atoms with Crippen LogP contribution in [0.5, 0.6) is 0 Å². The van der Waals surface area contributed by atoms with Crippen molar-refractivity contribution in [2.45, 2.75) is 45.6 Å². The molecule has 5 heteroatoms. The first-order valence-electron chi connectivity index (χ1n) is 8.30. The van der Waals surface area contributed by atoms with Crippen LogP contribution in [-0.2, 0) is 21.0 Å². The van der Waals surface area contributed by atoms with Crippen LogP contribution in [-0.4, -0.2) is 17.0 Å². The maximum Gasteiger partial charge on any atom is 0.306 e. The van der Waals surface area contributed by atoms with Gasteiger partial charge >= 0.3 is 5.97 Å². The average Bonchev–Trinajstić information content (AvgIpc) is 2.57. The van der Waals surface area contributed by atoms with Gasteiger partial charge in [0.1, 0.15) is 0 Å². The van der Waals surface area contributed by atoms with Crippen molar-refractivity contribution < 1.29 is 19.5 Å². The Balaban J connectivity index is 1.78. The van der Waals surface area contributed by atoms with Gasteiger partial charge in [0.05, 0.1) is 12.5 Å². The highest BCUT2D eigenvalue weighted by molar-refractivity contribution is 5.78. The summed E-state index contributed by atoms with van der Waals surface area (Å²) in [6, 6.07) is 9.67. The summed E-state index contributed by atoms with van der Waals surface area (Å²) in [5, 5.41) is 9.05. The summed E-state index contributed by atoms with van der Waals surface area (Å²) in [6.45, 7) is 2.33. The standard InChI is InChI=1S/C18H25NO4/c1-2-16(14-8-10-15(11-9-14)18(21)22)17(20)19-23-12-13-6-4-3-5-7-13/h3-7,14-16H,2,8-12H2,1H3,(H,19,20)(H,21,22). The van der Waals surface area contributed by atoms with Gasteiger partial charge in [-0.3, -0.25) is 14.4 Å². The molecule has 0 heterocycles. The van der Waals surface area contributed by atoms with E-state index in [9.17, 15) is 9.59 Å². The minimum absolute atomic E-state index is 0.0952. The molecule has 5 nitrogen and oxygen atoms in total. The summed E-state index contributed by atoms with van der Waals surface area (Å²) in [5.41, 5.74) is 3.56. The lowest BCUT2D eigenvalue weighted by Crippen LogP contribution is -2.36. The number of aliphatic carboxylic acids is 1. The lowest BCUT2D eigenvalue weighted by molar-refractivity contribution is -0.144. The Bertz CT molecular complexity index is 509. The summed E-state index contributed by atoms with van der Waals surface area (Å²) in [5.74, 6) is -0.924. The molecule has 1 fully saturated rings. The average molecular weight is 319 g/mol. The Kier molecular flexibility index (Phi) is 6.59. The number of carbonyl (C=O) groups is 2. The first-order valence-corrected chi connectivity index (χ1v) is 8.30. The molecule has 0 radical (unpaired) electrons. The fourth-order valence-corrected chi connectivity index (χ4v) is 3.34. The van der Waals surface area contributed by atoms with E-state index in [2.05, 4.69) is 5.48 Å². The van der Waals surface area contributed by atoms with Crippen LogP contribution < -0.4 is 5.48 Å². The molecule has 1 aliphatic rings. The number of carbonyl (C=O) groups excluding carboxylic acids is 1. The predicted octanol–water partition coefficient (Wildman–Crippen LogP) is 3.15. The number of carboxylic acids is 1. The molecule has 0 saturated heterocycles. The van der Waals surface area contributed by atoms with E-state index in [1.165, 1.54) is 0 Å². The van der Waals surface area contributed by atoms with Crippen LogP contribution in [0.15, 0.2) is 30.3 Å². The minimum Gasteiger partial charge on any atom is -0.481 e. The Labute approximate surface area is 137 Å². The second-order valence-electron chi connectivity index (χ2n) is 6.21. The highest BCUT2D eigenvalue weighted by atomic mass is 16.6.